The molecule has 0 amide bonds. The molecule has 0 unspecified atom stereocenters. The van der Waals surface area contributed by atoms with Gasteiger partial charge in [-0.1, -0.05) is 32.9 Å². The third kappa shape index (κ3) is 1.81. The van der Waals surface area contributed by atoms with E-state index in [-0.39, 0.29) is 11.0 Å². The van der Waals surface area contributed by atoms with Gasteiger partial charge in [-0.3, -0.25) is 0 Å². The summed E-state index contributed by atoms with van der Waals surface area (Å²) in [5.74, 6) is 0. The highest BCUT2D eigenvalue weighted by Crippen LogP contribution is 2.35. The molecule has 0 bridgehead atoms. The van der Waals surface area contributed by atoms with Crippen LogP contribution >= 0.6 is 0 Å². The first-order valence-electron chi connectivity index (χ1n) is 5.20. The molecule has 0 radical (unpaired) electrons. The van der Waals surface area contributed by atoms with Crippen LogP contribution in [0.15, 0.2) is 6.20 Å². The second-order valence-corrected chi connectivity index (χ2v) is 5.32. The summed E-state index contributed by atoms with van der Waals surface area (Å²) in [4.78, 5) is 0. The molecule has 0 saturated heterocycles. The van der Waals surface area contributed by atoms with Gasteiger partial charge in [0.15, 0.2) is 0 Å². The Bertz CT molecular complexity index is 305. The van der Waals surface area contributed by atoms with Gasteiger partial charge in [0.1, 0.15) is 0 Å². The maximum Gasteiger partial charge on any atom is 0.0824 e. The Hall–Kier alpha value is -0.860. The number of aromatic nitrogens is 3. The van der Waals surface area contributed by atoms with Gasteiger partial charge < -0.3 is 0 Å². The van der Waals surface area contributed by atoms with Crippen LogP contribution in [0.5, 0.6) is 0 Å². The Morgan fingerprint density at radius 2 is 1.79 bits per heavy atom. The van der Waals surface area contributed by atoms with Crippen molar-refractivity contribution in [3.8, 4) is 0 Å². The molecule has 0 fully saturated rings. The highest BCUT2D eigenvalue weighted by Gasteiger charge is 2.35. The van der Waals surface area contributed by atoms with Crippen molar-refractivity contribution in [1.82, 2.24) is 15.0 Å². The minimum atomic E-state index is -0.00653. The van der Waals surface area contributed by atoms with Crippen molar-refractivity contribution >= 4 is 0 Å². The number of hydrogen-bond acceptors (Lipinski definition) is 2. The van der Waals surface area contributed by atoms with E-state index in [0.717, 1.165) is 12.1 Å². The van der Waals surface area contributed by atoms with E-state index in [9.17, 15) is 0 Å². The van der Waals surface area contributed by atoms with Crippen molar-refractivity contribution in [3.63, 3.8) is 0 Å². The number of nitrogens with zero attached hydrogens (tertiary/aromatic N) is 3. The van der Waals surface area contributed by atoms with Gasteiger partial charge in [0.05, 0.1) is 11.2 Å². The standard InChI is InChI=1S/C11H21N3/c1-7-9-8-14(13-12-9)11(5,6)10(2,3)4/h8H,7H2,1-6H3. The van der Waals surface area contributed by atoms with Crippen LogP contribution in [0.1, 0.15) is 47.2 Å². The van der Waals surface area contributed by atoms with Crippen LogP contribution in [-0.4, -0.2) is 15.0 Å². The Kier molecular flexibility index (Phi) is 2.70. The van der Waals surface area contributed by atoms with Gasteiger partial charge in [-0.25, -0.2) is 4.68 Å². The Morgan fingerprint density at radius 3 is 2.14 bits per heavy atom. The second-order valence-electron chi connectivity index (χ2n) is 5.32. The molecule has 14 heavy (non-hydrogen) atoms. The fourth-order valence-corrected chi connectivity index (χ4v) is 1.08. The summed E-state index contributed by atoms with van der Waals surface area (Å²) < 4.78 is 1.98. The van der Waals surface area contributed by atoms with Crippen molar-refractivity contribution in [2.45, 2.75) is 53.5 Å². The monoisotopic (exact) mass is 195 g/mol. The Morgan fingerprint density at radius 1 is 1.21 bits per heavy atom. The average molecular weight is 195 g/mol. The molecule has 80 valence electrons. The molecular formula is C11H21N3. The lowest BCUT2D eigenvalue weighted by Gasteiger charge is -2.38. The van der Waals surface area contributed by atoms with E-state index >= 15 is 0 Å². The van der Waals surface area contributed by atoms with E-state index in [4.69, 9.17) is 0 Å². The van der Waals surface area contributed by atoms with Gasteiger partial charge in [-0.15, -0.1) is 5.10 Å². The van der Waals surface area contributed by atoms with Crippen molar-refractivity contribution in [2.75, 3.05) is 0 Å². The molecule has 0 spiro atoms. The van der Waals surface area contributed by atoms with Crippen LogP contribution in [0.3, 0.4) is 0 Å². The van der Waals surface area contributed by atoms with E-state index in [0.29, 0.717) is 0 Å². The molecule has 0 aliphatic heterocycles. The number of aryl methyl sites for hydroxylation is 1. The van der Waals surface area contributed by atoms with Gasteiger partial charge in [-0.2, -0.15) is 0 Å². The quantitative estimate of drug-likeness (QED) is 0.726. The zero-order valence-electron chi connectivity index (χ0n) is 10.1. The first-order chi connectivity index (χ1) is 6.29. The van der Waals surface area contributed by atoms with Crippen LogP contribution in [-0.2, 0) is 12.0 Å². The lowest BCUT2D eigenvalue weighted by molar-refractivity contribution is 0.121. The summed E-state index contributed by atoms with van der Waals surface area (Å²) >= 11 is 0. The van der Waals surface area contributed by atoms with E-state index in [1.54, 1.807) is 0 Å². The Labute approximate surface area is 86.5 Å². The van der Waals surface area contributed by atoms with Gasteiger partial charge in [0.2, 0.25) is 0 Å². The van der Waals surface area contributed by atoms with Crippen molar-refractivity contribution < 1.29 is 0 Å². The van der Waals surface area contributed by atoms with Crippen LogP contribution in [0.4, 0.5) is 0 Å². The fourth-order valence-electron chi connectivity index (χ4n) is 1.08. The smallest absolute Gasteiger partial charge is 0.0824 e. The van der Waals surface area contributed by atoms with Crippen LogP contribution in [0.2, 0.25) is 0 Å². The largest absolute Gasteiger partial charge is 0.246 e. The fraction of sp³-hybridized carbons (Fsp3) is 0.818. The van der Waals surface area contributed by atoms with Gasteiger partial charge >= 0.3 is 0 Å². The van der Waals surface area contributed by atoms with Crippen molar-refractivity contribution in [1.29, 1.82) is 0 Å². The highest BCUT2D eigenvalue weighted by molar-refractivity contribution is 4.97. The highest BCUT2D eigenvalue weighted by atomic mass is 15.4. The molecular weight excluding hydrogens is 174 g/mol. The first kappa shape index (κ1) is 11.2. The predicted molar refractivity (Wildman–Crippen MR) is 58.2 cm³/mol. The molecule has 0 N–H and O–H groups in total. The van der Waals surface area contributed by atoms with Gasteiger partial charge in [-0.05, 0) is 25.7 Å². The van der Waals surface area contributed by atoms with Crippen molar-refractivity contribution in [2.24, 2.45) is 5.41 Å². The zero-order valence-corrected chi connectivity index (χ0v) is 10.1. The van der Waals surface area contributed by atoms with E-state index in [2.05, 4.69) is 51.9 Å². The molecule has 3 heteroatoms. The Balaban J connectivity index is 3.04. The molecule has 1 aromatic rings. The summed E-state index contributed by atoms with van der Waals surface area (Å²) in [5.41, 5.74) is 1.22. The number of hydrogen-bond donors (Lipinski definition) is 0. The third-order valence-corrected chi connectivity index (χ3v) is 3.31. The van der Waals surface area contributed by atoms with Crippen LogP contribution < -0.4 is 0 Å². The predicted octanol–water partition coefficient (Wildman–Crippen LogP) is 2.62. The van der Waals surface area contributed by atoms with E-state index < -0.39 is 0 Å². The summed E-state index contributed by atoms with van der Waals surface area (Å²) in [7, 11) is 0. The second kappa shape index (κ2) is 3.37. The summed E-state index contributed by atoms with van der Waals surface area (Å²) in [6.07, 6.45) is 2.99. The maximum absolute atomic E-state index is 4.19. The minimum absolute atomic E-state index is 0.00653. The molecule has 0 saturated carbocycles. The molecule has 3 nitrogen and oxygen atoms in total. The summed E-state index contributed by atoms with van der Waals surface area (Å²) in [6.45, 7) is 13.2. The van der Waals surface area contributed by atoms with Crippen molar-refractivity contribution in [3.05, 3.63) is 11.9 Å². The van der Waals surface area contributed by atoms with E-state index in [1.807, 2.05) is 10.9 Å². The lowest BCUT2D eigenvalue weighted by atomic mass is 9.76. The van der Waals surface area contributed by atoms with E-state index in [1.165, 1.54) is 0 Å². The van der Waals surface area contributed by atoms with Gasteiger partial charge in [0.25, 0.3) is 0 Å². The first-order valence-corrected chi connectivity index (χ1v) is 5.20. The molecule has 0 aliphatic rings. The molecule has 1 heterocycles. The molecule has 1 aromatic heterocycles. The summed E-state index contributed by atoms with van der Waals surface area (Å²) in [5, 5.41) is 8.32. The SMILES string of the molecule is CCc1cn(C(C)(C)C(C)(C)C)nn1. The molecule has 1 rings (SSSR count). The minimum Gasteiger partial charge on any atom is -0.246 e. The zero-order chi connectivity index (χ0) is 11.0. The maximum atomic E-state index is 4.19. The molecule has 0 atom stereocenters. The van der Waals surface area contributed by atoms with Crippen LogP contribution in [0.25, 0.3) is 0 Å². The average Bonchev–Trinajstić information content (AvgIpc) is 2.49. The molecule has 0 aliphatic carbocycles. The van der Waals surface area contributed by atoms with Crippen LogP contribution in [0, 0.1) is 5.41 Å². The summed E-state index contributed by atoms with van der Waals surface area (Å²) in [6, 6.07) is 0. The topological polar surface area (TPSA) is 30.7 Å². The molecule has 0 aromatic carbocycles. The normalized spacial score (nSPS) is 13.3. The number of rotatable bonds is 2. The third-order valence-electron chi connectivity index (χ3n) is 3.31. The lowest BCUT2D eigenvalue weighted by Crippen LogP contribution is -2.40. The van der Waals surface area contributed by atoms with Gasteiger partial charge in [0, 0.05) is 6.20 Å².